The molecular weight excluding hydrogens is 238 g/mol. The molecular formula is C16H19NO2. The zero-order valence-corrected chi connectivity index (χ0v) is 11.5. The largest absolute Gasteiger partial charge is 0.458 e. The molecule has 1 aromatic carbocycles. The highest BCUT2D eigenvalue weighted by molar-refractivity contribution is 5.88. The fourth-order valence-corrected chi connectivity index (χ4v) is 1.93. The summed E-state index contributed by atoms with van der Waals surface area (Å²) in [4.78, 5) is 11.0. The van der Waals surface area contributed by atoms with Crippen LogP contribution in [-0.4, -0.2) is 5.91 Å². The highest BCUT2D eigenvalue weighted by Crippen LogP contribution is 2.25. The van der Waals surface area contributed by atoms with Gasteiger partial charge in [-0.05, 0) is 36.1 Å². The number of carbonyl (C=O) groups is 1. The van der Waals surface area contributed by atoms with Crippen molar-refractivity contribution in [2.75, 3.05) is 5.32 Å². The van der Waals surface area contributed by atoms with Gasteiger partial charge in [-0.1, -0.05) is 26.0 Å². The lowest BCUT2D eigenvalue weighted by Gasteiger charge is -2.19. The first kappa shape index (κ1) is 13.4. The van der Waals surface area contributed by atoms with Gasteiger partial charge in [-0.3, -0.25) is 4.79 Å². The van der Waals surface area contributed by atoms with Crippen LogP contribution >= 0.6 is 0 Å². The maximum Gasteiger partial charge on any atom is 0.221 e. The van der Waals surface area contributed by atoms with Gasteiger partial charge < -0.3 is 10.1 Å². The van der Waals surface area contributed by atoms with Gasteiger partial charge in [-0.2, -0.15) is 0 Å². The predicted octanol–water partition coefficient (Wildman–Crippen LogP) is 3.75. The van der Waals surface area contributed by atoms with Gasteiger partial charge in [-0.25, -0.2) is 0 Å². The van der Waals surface area contributed by atoms with E-state index in [0.29, 0.717) is 11.8 Å². The molecule has 19 heavy (non-hydrogen) atoms. The van der Waals surface area contributed by atoms with Crippen LogP contribution in [0.3, 0.4) is 0 Å². The summed E-state index contributed by atoms with van der Waals surface area (Å²) >= 11 is 0. The Morgan fingerprint density at radius 1 is 1.26 bits per heavy atom. The van der Waals surface area contributed by atoms with Gasteiger partial charge >= 0.3 is 0 Å². The molecule has 100 valence electrons. The van der Waals surface area contributed by atoms with Gasteiger partial charge in [0.25, 0.3) is 0 Å². The van der Waals surface area contributed by atoms with E-state index in [1.54, 1.807) is 0 Å². The minimum absolute atomic E-state index is 0.0867. The molecule has 0 bridgehead atoms. The summed E-state index contributed by atoms with van der Waals surface area (Å²) in [6.45, 7) is 5.85. The van der Waals surface area contributed by atoms with Crippen molar-refractivity contribution in [3.8, 4) is 5.75 Å². The molecule has 2 rings (SSSR count). The molecule has 0 aromatic heterocycles. The Morgan fingerprint density at radius 3 is 2.74 bits per heavy atom. The van der Waals surface area contributed by atoms with Crippen LogP contribution in [-0.2, 0) is 4.79 Å². The number of hydrogen-bond donors (Lipinski definition) is 1. The summed E-state index contributed by atoms with van der Waals surface area (Å²) < 4.78 is 5.82. The van der Waals surface area contributed by atoms with Gasteiger partial charge in [-0.15, -0.1) is 0 Å². The third kappa shape index (κ3) is 3.71. The molecule has 0 spiro atoms. The number of anilines is 1. The van der Waals surface area contributed by atoms with Crippen molar-refractivity contribution in [2.45, 2.75) is 20.8 Å². The van der Waals surface area contributed by atoms with E-state index in [-0.39, 0.29) is 5.91 Å². The lowest BCUT2D eigenvalue weighted by atomic mass is 9.91. The molecule has 0 saturated heterocycles. The first-order chi connectivity index (χ1) is 9.04. The number of amides is 1. The van der Waals surface area contributed by atoms with Crippen molar-refractivity contribution in [3.05, 3.63) is 48.3 Å². The fourth-order valence-electron chi connectivity index (χ4n) is 1.93. The van der Waals surface area contributed by atoms with Crippen LogP contribution in [0.4, 0.5) is 5.69 Å². The van der Waals surface area contributed by atoms with Crippen LogP contribution in [0.2, 0.25) is 0 Å². The summed E-state index contributed by atoms with van der Waals surface area (Å²) in [5.74, 6) is 2.50. The van der Waals surface area contributed by atoms with Crippen molar-refractivity contribution in [3.63, 3.8) is 0 Å². The van der Waals surface area contributed by atoms with Gasteiger partial charge in [0.1, 0.15) is 11.5 Å². The molecule has 2 atom stereocenters. The van der Waals surface area contributed by atoms with E-state index in [9.17, 15) is 4.79 Å². The van der Waals surface area contributed by atoms with Crippen molar-refractivity contribution in [1.82, 2.24) is 0 Å². The molecule has 0 aliphatic heterocycles. The zero-order valence-electron chi connectivity index (χ0n) is 11.5. The Bertz CT molecular complexity index is 531. The second kappa shape index (κ2) is 5.74. The maximum absolute atomic E-state index is 11.0. The van der Waals surface area contributed by atoms with E-state index in [1.807, 2.05) is 30.3 Å². The molecule has 0 fully saturated rings. The number of allylic oxidation sites excluding steroid dienone is 3. The number of benzene rings is 1. The summed E-state index contributed by atoms with van der Waals surface area (Å²) in [6, 6.07) is 7.39. The monoisotopic (exact) mass is 257 g/mol. The number of hydrogen-bond acceptors (Lipinski definition) is 2. The molecule has 1 aliphatic rings. The molecule has 0 unspecified atom stereocenters. The lowest BCUT2D eigenvalue weighted by molar-refractivity contribution is -0.114. The molecule has 1 aliphatic carbocycles. The van der Waals surface area contributed by atoms with E-state index in [0.717, 1.165) is 17.2 Å². The minimum atomic E-state index is -0.0867. The second-order valence-corrected chi connectivity index (χ2v) is 4.96. The van der Waals surface area contributed by atoms with E-state index in [1.165, 1.54) is 6.92 Å². The van der Waals surface area contributed by atoms with Crippen LogP contribution in [0.25, 0.3) is 0 Å². The van der Waals surface area contributed by atoms with Gasteiger partial charge in [0, 0.05) is 18.7 Å². The maximum atomic E-state index is 11.0. The third-order valence-corrected chi connectivity index (χ3v) is 3.21. The Hall–Kier alpha value is -2.03. The predicted molar refractivity (Wildman–Crippen MR) is 76.9 cm³/mol. The third-order valence-electron chi connectivity index (χ3n) is 3.21. The SMILES string of the molecule is CC(=O)Nc1cccc(OC2=C[C@@H](C)[C@@H](C)C=C2)c1. The average molecular weight is 257 g/mol. The Balaban J connectivity index is 2.09. The highest BCUT2D eigenvalue weighted by atomic mass is 16.5. The molecule has 0 saturated carbocycles. The Morgan fingerprint density at radius 2 is 2.05 bits per heavy atom. The zero-order chi connectivity index (χ0) is 13.8. The van der Waals surface area contributed by atoms with E-state index in [2.05, 4.69) is 31.3 Å². The molecule has 1 aromatic rings. The normalized spacial score (nSPS) is 21.7. The molecule has 0 radical (unpaired) electrons. The minimum Gasteiger partial charge on any atom is -0.458 e. The van der Waals surface area contributed by atoms with E-state index < -0.39 is 0 Å². The van der Waals surface area contributed by atoms with Crippen molar-refractivity contribution in [2.24, 2.45) is 11.8 Å². The summed E-state index contributed by atoms with van der Waals surface area (Å²) in [5, 5.41) is 2.74. The molecule has 3 nitrogen and oxygen atoms in total. The highest BCUT2D eigenvalue weighted by Gasteiger charge is 2.13. The Kier molecular flexibility index (Phi) is 4.05. The quantitative estimate of drug-likeness (QED) is 0.895. The van der Waals surface area contributed by atoms with Crippen LogP contribution in [0.5, 0.6) is 5.75 Å². The Labute approximate surface area is 114 Å². The number of ether oxygens (including phenoxy) is 1. The van der Waals surface area contributed by atoms with E-state index >= 15 is 0 Å². The standard InChI is InChI=1S/C16H19NO2/c1-11-7-8-16(9-12(11)2)19-15-6-4-5-14(10-15)17-13(3)18/h4-12H,1-3H3,(H,17,18)/t11-,12+/m0/s1. The van der Waals surface area contributed by atoms with Crippen LogP contribution in [0.15, 0.2) is 48.3 Å². The lowest BCUT2D eigenvalue weighted by Crippen LogP contribution is -2.09. The van der Waals surface area contributed by atoms with Gasteiger partial charge in [0.15, 0.2) is 0 Å². The number of nitrogens with one attached hydrogen (secondary N) is 1. The fraction of sp³-hybridized carbons (Fsp3) is 0.312. The van der Waals surface area contributed by atoms with Crippen LogP contribution < -0.4 is 10.1 Å². The first-order valence-corrected chi connectivity index (χ1v) is 6.50. The van der Waals surface area contributed by atoms with Crippen LogP contribution in [0, 0.1) is 11.8 Å². The molecule has 1 amide bonds. The molecule has 1 N–H and O–H groups in total. The second-order valence-electron chi connectivity index (χ2n) is 4.96. The van der Waals surface area contributed by atoms with E-state index in [4.69, 9.17) is 4.74 Å². The van der Waals surface area contributed by atoms with Gasteiger partial charge in [0.2, 0.25) is 5.91 Å². The van der Waals surface area contributed by atoms with Crippen molar-refractivity contribution >= 4 is 11.6 Å². The summed E-state index contributed by atoms with van der Waals surface area (Å²) in [6.07, 6.45) is 6.27. The summed E-state index contributed by atoms with van der Waals surface area (Å²) in [7, 11) is 0. The smallest absolute Gasteiger partial charge is 0.221 e. The van der Waals surface area contributed by atoms with Crippen molar-refractivity contribution < 1.29 is 9.53 Å². The topological polar surface area (TPSA) is 38.3 Å². The van der Waals surface area contributed by atoms with Crippen molar-refractivity contribution in [1.29, 1.82) is 0 Å². The average Bonchev–Trinajstić information content (AvgIpc) is 2.33. The number of carbonyl (C=O) groups excluding carboxylic acids is 1. The number of rotatable bonds is 3. The molecule has 3 heteroatoms. The molecule has 0 heterocycles. The van der Waals surface area contributed by atoms with Gasteiger partial charge in [0.05, 0.1) is 0 Å². The van der Waals surface area contributed by atoms with Crippen LogP contribution in [0.1, 0.15) is 20.8 Å². The summed E-state index contributed by atoms with van der Waals surface area (Å²) in [5.41, 5.74) is 0.742. The first-order valence-electron chi connectivity index (χ1n) is 6.50.